The maximum absolute atomic E-state index is 12.9. The zero-order chi connectivity index (χ0) is 53.6. The first-order valence-electron chi connectivity index (χ1n) is 31.2. The predicted molar refractivity (Wildman–Crippen MR) is 320 cm³/mol. The van der Waals surface area contributed by atoms with Crippen LogP contribution in [-0.4, -0.2) is 37.2 Å². The number of carbonyl (C=O) groups excluding carboxylic acids is 3. The molecule has 0 amide bonds. The fraction of sp³-hybridized carbons (Fsp3) is 0.721. The molecule has 0 aliphatic rings. The number of allylic oxidation sites excluding steroid dienone is 16. The topological polar surface area (TPSA) is 78.9 Å². The molecule has 0 saturated carbocycles. The van der Waals surface area contributed by atoms with Crippen molar-refractivity contribution in [3.8, 4) is 0 Å². The molecular formula is C68H116O6. The maximum Gasteiger partial charge on any atom is 0.306 e. The second kappa shape index (κ2) is 61.9. The van der Waals surface area contributed by atoms with Crippen LogP contribution in [0, 0.1) is 0 Å². The van der Waals surface area contributed by atoms with Crippen molar-refractivity contribution in [2.24, 2.45) is 0 Å². The molecule has 0 rings (SSSR count). The third-order valence-electron chi connectivity index (χ3n) is 13.3. The summed E-state index contributed by atoms with van der Waals surface area (Å²) >= 11 is 0. The Balaban J connectivity index is 4.44. The van der Waals surface area contributed by atoms with Gasteiger partial charge in [0.1, 0.15) is 13.2 Å². The van der Waals surface area contributed by atoms with E-state index >= 15 is 0 Å². The van der Waals surface area contributed by atoms with E-state index in [-0.39, 0.29) is 31.1 Å². The van der Waals surface area contributed by atoms with E-state index in [1.165, 1.54) is 154 Å². The van der Waals surface area contributed by atoms with Crippen molar-refractivity contribution >= 4 is 17.9 Å². The highest BCUT2D eigenvalue weighted by Gasteiger charge is 2.19. The standard InChI is InChI=1S/C68H116O6/c1-4-7-10-13-16-19-22-25-28-30-32-34-36-38-40-43-46-49-52-55-58-61-67(70)73-64-65(63-72-66(69)60-57-54-51-48-45-42-27-24-21-18-15-12-9-6-3)74-68(71)62-59-56-53-50-47-44-41-39-37-35-33-31-29-26-23-20-17-14-11-8-5-2/h7,10,16,19,24-25,27-28,31-34,38,40,46,49,65H,4-6,8-9,11-15,17-18,20-23,26,29-30,35-37,39,41-45,47-48,50-64H2,1-3H3/b10-7-,19-16-,27-24-,28-25-,33-31-,34-32-,40-38-,49-46-. The van der Waals surface area contributed by atoms with Crippen LogP contribution in [0.2, 0.25) is 0 Å². The van der Waals surface area contributed by atoms with Gasteiger partial charge in [-0.25, -0.2) is 0 Å². The Kier molecular flexibility index (Phi) is 58.8. The zero-order valence-electron chi connectivity index (χ0n) is 48.6. The summed E-state index contributed by atoms with van der Waals surface area (Å²) in [4.78, 5) is 38.3. The first kappa shape index (κ1) is 70.3. The van der Waals surface area contributed by atoms with Crippen LogP contribution < -0.4 is 0 Å². The van der Waals surface area contributed by atoms with E-state index in [1.807, 2.05) is 0 Å². The van der Waals surface area contributed by atoms with Crippen LogP contribution in [0.5, 0.6) is 0 Å². The third kappa shape index (κ3) is 59.2. The van der Waals surface area contributed by atoms with Crippen LogP contribution in [0.3, 0.4) is 0 Å². The Bertz CT molecular complexity index is 1460. The summed E-state index contributed by atoms with van der Waals surface area (Å²) in [5.41, 5.74) is 0. The summed E-state index contributed by atoms with van der Waals surface area (Å²) in [5.74, 6) is -0.943. The van der Waals surface area contributed by atoms with Crippen molar-refractivity contribution in [3.05, 3.63) is 97.2 Å². The van der Waals surface area contributed by atoms with Gasteiger partial charge in [0.25, 0.3) is 0 Å². The number of ether oxygens (including phenoxy) is 3. The molecule has 74 heavy (non-hydrogen) atoms. The van der Waals surface area contributed by atoms with Crippen LogP contribution in [0.1, 0.15) is 297 Å². The van der Waals surface area contributed by atoms with Crippen LogP contribution in [0.15, 0.2) is 97.2 Å². The van der Waals surface area contributed by atoms with Gasteiger partial charge in [0, 0.05) is 19.3 Å². The van der Waals surface area contributed by atoms with Gasteiger partial charge in [-0.2, -0.15) is 0 Å². The molecule has 0 aliphatic carbocycles. The van der Waals surface area contributed by atoms with Gasteiger partial charge in [-0.3, -0.25) is 14.4 Å². The molecule has 0 radical (unpaired) electrons. The molecule has 0 heterocycles. The van der Waals surface area contributed by atoms with Gasteiger partial charge < -0.3 is 14.2 Å². The minimum Gasteiger partial charge on any atom is -0.462 e. The lowest BCUT2D eigenvalue weighted by Crippen LogP contribution is -2.30. The van der Waals surface area contributed by atoms with Gasteiger partial charge in [0.15, 0.2) is 6.10 Å². The number of hydrogen-bond donors (Lipinski definition) is 0. The van der Waals surface area contributed by atoms with E-state index < -0.39 is 6.10 Å². The zero-order valence-corrected chi connectivity index (χ0v) is 48.6. The van der Waals surface area contributed by atoms with Crippen molar-refractivity contribution in [2.45, 2.75) is 303 Å². The Morgan fingerprint density at radius 1 is 0.284 bits per heavy atom. The maximum atomic E-state index is 12.9. The first-order valence-corrected chi connectivity index (χ1v) is 31.2. The van der Waals surface area contributed by atoms with Crippen LogP contribution >= 0.6 is 0 Å². The van der Waals surface area contributed by atoms with Crippen LogP contribution in [-0.2, 0) is 28.6 Å². The lowest BCUT2D eigenvalue weighted by Gasteiger charge is -2.18. The molecule has 424 valence electrons. The first-order chi connectivity index (χ1) is 36.5. The molecular weight excluding hydrogens is 913 g/mol. The van der Waals surface area contributed by atoms with E-state index in [4.69, 9.17) is 14.2 Å². The van der Waals surface area contributed by atoms with Crippen molar-refractivity contribution in [2.75, 3.05) is 13.2 Å². The van der Waals surface area contributed by atoms with Crippen molar-refractivity contribution in [3.63, 3.8) is 0 Å². The van der Waals surface area contributed by atoms with Crippen LogP contribution in [0.4, 0.5) is 0 Å². The molecule has 0 N–H and O–H groups in total. The number of rotatable bonds is 56. The van der Waals surface area contributed by atoms with E-state index in [2.05, 4.69) is 118 Å². The molecule has 0 aromatic rings. The summed E-state index contributed by atoms with van der Waals surface area (Å²) in [5, 5.41) is 0. The number of unbranched alkanes of at least 4 members (excludes halogenated alkanes) is 29. The fourth-order valence-electron chi connectivity index (χ4n) is 8.61. The summed E-state index contributed by atoms with van der Waals surface area (Å²) in [6, 6.07) is 0. The number of carbonyl (C=O) groups is 3. The molecule has 6 heteroatoms. The molecule has 1 atom stereocenters. The molecule has 0 saturated heterocycles. The smallest absolute Gasteiger partial charge is 0.306 e. The van der Waals surface area contributed by atoms with Gasteiger partial charge in [0.05, 0.1) is 0 Å². The molecule has 0 aromatic carbocycles. The number of esters is 3. The molecule has 0 bridgehead atoms. The summed E-state index contributed by atoms with van der Waals surface area (Å²) in [7, 11) is 0. The van der Waals surface area contributed by atoms with Gasteiger partial charge in [-0.05, 0) is 122 Å². The van der Waals surface area contributed by atoms with E-state index in [0.717, 1.165) is 103 Å². The van der Waals surface area contributed by atoms with E-state index in [9.17, 15) is 14.4 Å². The second-order valence-corrected chi connectivity index (χ2v) is 20.6. The normalized spacial score (nSPS) is 12.7. The summed E-state index contributed by atoms with van der Waals surface area (Å²) in [6.45, 7) is 6.49. The SMILES string of the molecule is CC/C=C\C/C=C\C/C=C\C/C=C\C/C=C\C/C=C\CCCCC(=O)OCC(COC(=O)CCCCCCC/C=C\CCCCCCC)OC(=O)CCCCCCCCCCC/C=C\CCCCCCCCCC. The Hall–Kier alpha value is -3.67. The van der Waals surface area contributed by atoms with Crippen molar-refractivity contribution < 1.29 is 28.6 Å². The highest BCUT2D eigenvalue weighted by atomic mass is 16.6. The Labute approximate surface area is 457 Å². The van der Waals surface area contributed by atoms with Gasteiger partial charge in [0.2, 0.25) is 0 Å². The Morgan fingerprint density at radius 2 is 0.527 bits per heavy atom. The minimum absolute atomic E-state index is 0.0962. The van der Waals surface area contributed by atoms with Gasteiger partial charge in [-0.15, -0.1) is 0 Å². The minimum atomic E-state index is -0.802. The van der Waals surface area contributed by atoms with E-state index in [0.29, 0.717) is 19.3 Å². The molecule has 0 spiro atoms. The monoisotopic (exact) mass is 1030 g/mol. The highest BCUT2D eigenvalue weighted by Crippen LogP contribution is 2.15. The molecule has 0 fully saturated rings. The summed E-state index contributed by atoms with van der Waals surface area (Å²) < 4.78 is 16.9. The summed E-state index contributed by atoms with van der Waals surface area (Å²) in [6.07, 6.45) is 82.6. The molecule has 1 unspecified atom stereocenters. The van der Waals surface area contributed by atoms with E-state index in [1.54, 1.807) is 0 Å². The largest absolute Gasteiger partial charge is 0.462 e. The van der Waals surface area contributed by atoms with Gasteiger partial charge in [-0.1, -0.05) is 253 Å². The van der Waals surface area contributed by atoms with Crippen molar-refractivity contribution in [1.29, 1.82) is 0 Å². The second-order valence-electron chi connectivity index (χ2n) is 20.6. The quantitative estimate of drug-likeness (QED) is 0.0261. The molecule has 0 aromatic heterocycles. The van der Waals surface area contributed by atoms with Crippen LogP contribution in [0.25, 0.3) is 0 Å². The lowest BCUT2D eigenvalue weighted by molar-refractivity contribution is -0.167. The average Bonchev–Trinajstić information content (AvgIpc) is 3.40. The fourth-order valence-corrected chi connectivity index (χ4v) is 8.61. The third-order valence-corrected chi connectivity index (χ3v) is 13.3. The molecule has 6 nitrogen and oxygen atoms in total. The highest BCUT2D eigenvalue weighted by molar-refractivity contribution is 5.71. The predicted octanol–water partition coefficient (Wildman–Crippen LogP) is 21.3. The van der Waals surface area contributed by atoms with Crippen molar-refractivity contribution in [1.82, 2.24) is 0 Å². The average molecular weight is 1030 g/mol. The Morgan fingerprint density at radius 3 is 0.865 bits per heavy atom. The van der Waals surface area contributed by atoms with Gasteiger partial charge >= 0.3 is 17.9 Å². The molecule has 0 aliphatic heterocycles. The lowest BCUT2D eigenvalue weighted by atomic mass is 10.1. The number of hydrogen-bond acceptors (Lipinski definition) is 6.